The Labute approximate surface area is 115 Å². The van der Waals surface area contributed by atoms with Gasteiger partial charge in [0.1, 0.15) is 0 Å². The van der Waals surface area contributed by atoms with E-state index in [0.29, 0.717) is 24.4 Å². The number of aliphatic hydroxyl groups excluding tert-OH is 1. The van der Waals surface area contributed by atoms with E-state index in [4.69, 9.17) is 5.11 Å². The van der Waals surface area contributed by atoms with Crippen molar-refractivity contribution in [3.05, 3.63) is 17.5 Å². The Bertz CT molecular complexity index is 411. The van der Waals surface area contributed by atoms with E-state index in [1.165, 1.54) is 0 Å². The molecule has 5 heteroatoms. The number of amides is 1. The predicted molar refractivity (Wildman–Crippen MR) is 75.1 cm³/mol. The monoisotopic (exact) mass is 267 g/mol. The molecule has 0 radical (unpaired) electrons. The second-order valence-electron chi connectivity index (χ2n) is 5.44. The summed E-state index contributed by atoms with van der Waals surface area (Å²) in [5.41, 5.74) is 1.52. The Kier molecular flexibility index (Phi) is 6.02. The van der Waals surface area contributed by atoms with Crippen LogP contribution in [0.5, 0.6) is 0 Å². The van der Waals surface area contributed by atoms with Crippen molar-refractivity contribution in [2.45, 2.75) is 53.2 Å². The van der Waals surface area contributed by atoms with E-state index in [1.807, 2.05) is 11.6 Å². The van der Waals surface area contributed by atoms with E-state index < -0.39 is 6.10 Å². The van der Waals surface area contributed by atoms with Gasteiger partial charge in [-0.2, -0.15) is 5.10 Å². The van der Waals surface area contributed by atoms with Crippen molar-refractivity contribution in [1.82, 2.24) is 15.1 Å². The maximum Gasteiger partial charge on any atom is 0.254 e. The highest BCUT2D eigenvalue weighted by Crippen LogP contribution is 2.10. The largest absolute Gasteiger partial charge is 0.393 e. The van der Waals surface area contributed by atoms with E-state index in [1.54, 1.807) is 13.1 Å². The van der Waals surface area contributed by atoms with Gasteiger partial charge in [-0.25, -0.2) is 0 Å². The smallest absolute Gasteiger partial charge is 0.254 e. The van der Waals surface area contributed by atoms with Crippen molar-refractivity contribution in [3.63, 3.8) is 0 Å². The molecule has 0 fully saturated rings. The van der Waals surface area contributed by atoms with Crippen LogP contribution in [0, 0.1) is 12.8 Å². The first-order valence-corrected chi connectivity index (χ1v) is 6.90. The molecule has 1 atom stereocenters. The number of hydrogen-bond acceptors (Lipinski definition) is 3. The lowest BCUT2D eigenvalue weighted by Crippen LogP contribution is -2.26. The lowest BCUT2D eigenvalue weighted by Gasteiger charge is -2.08. The molecule has 1 amide bonds. The third-order valence-electron chi connectivity index (χ3n) is 3.11. The van der Waals surface area contributed by atoms with Crippen LogP contribution < -0.4 is 5.32 Å². The van der Waals surface area contributed by atoms with Crippen LogP contribution in [0.2, 0.25) is 0 Å². The number of aryl methyl sites for hydroxylation is 1. The van der Waals surface area contributed by atoms with Crippen LogP contribution in [0.1, 0.15) is 49.7 Å². The van der Waals surface area contributed by atoms with Gasteiger partial charge in [0, 0.05) is 18.8 Å². The van der Waals surface area contributed by atoms with Gasteiger partial charge in [0.15, 0.2) is 0 Å². The maximum atomic E-state index is 12.0. The molecule has 0 saturated heterocycles. The number of hydrogen-bond donors (Lipinski definition) is 2. The van der Waals surface area contributed by atoms with E-state index >= 15 is 0 Å². The van der Waals surface area contributed by atoms with E-state index in [0.717, 1.165) is 18.7 Å². The maximum absolute atomic E-state index is 12.0. The molecular formula is C14H25N3O2. The minimum Gasteiger partial charge on any atom is -0.393 e. The van der Waals surface area contributed by atoms with Crippen LogP contribution >= 0.6 is 0 Å². The van der Waals surface area contributed by atoms with Gasteiger partial charge in [-0.1, -0.05) is 13.8 Å². The second-order valence-corrected chi connectivity index (χ2v) is 5.44. The van der Waals surface area contributed by atoms with E-state index in [-0.39, 0.29) is 5.91 Å². The van der Waals surface area contributed by atoms with Crippen LogP contribution in [0.25, 0.3) is 0 Å². The van der Waals surface area contributed by atoms with Crippen molar-refractivity contribution < 1.29 is 9.90 Å². The van der Waals surface area contributed by atoms with Crippen LogP contribution in [-0.2, 0) is 6.54 Å². The Hall–Kier alpha value is -1.36. The van der Waals surface area contributed by atoms with Crippen molar-refractivity contribution >= 4 is 5.91 Å². The lowest BCUT2D eigenvalue weighted by molar-refractivity contribution is 0.0945. The molecule has 0 bridgehead atoms. The fourth-order valence-corrected chi connectivity index (χ4v) is 1.77. The fraction of sp³-hybridized carbons (Fsp3) is 0.714. The molecule has 108 valence electrons. The predicted octanol–water partition coefficient (Wildman–Crippen LogP) is 1.74. The molecule has 0 spiro atoms. The van der Waals surface area contributed by atoms with Crippen molar-refractivity contribution in [1.29, 1.82) is 0 Å². The third-order valence-corrected chi connectivity index (χ3v) is 3.11. The average molecular weight is 267 g/mol. The summed E-state index contributed by atoms with van der Waals surface area (Å²) in [6.07, 6.45) is 2.83. The van der Waals surface area contributed by atoms with Crippen molar-refractivity contribution in [2.75, 3.05) is 6.54 Å². The Morgan fingerprint density at radius 2 is 2.11 bits per heavy atom. The summed E-state index contributed by atoms with van der Waals surface area (Å²) in [4.78, 5) is 12.0. The number of carbonyl (C=O) groups is 1. The zero-order valence-corrected chi connectivity index (χ0v) is 12.3. The first-order valence-electron chi connectivity index (χ1n) is 6.90. The average Bonchev–Trinajstić information content (AvgIpc) is 2.67. The standard InChI is InChI=1S/C14H25N3O2/c1-10(2)6-8-17-12(4)13(9-16-17)14(19)15-7-5-11(3)18/h9-11,18H,5-8H2,1-4H3,(H,15,19). The van der Waals surface area contributed by atoms with Gasteiger partial charge >= 0.3 is 0 Å². The SMILES string of the molecule is Cc1c(C(=O)NCCC(C)O)cnn1CCC(C)C. The summed E-state index contributed by atoms with van der Waals surface area (Å²) < 4.78 is 1.88. The molecular weight excluding hydrogens is 242 g/mol. The summed E-state index contributed by atoms with van der Waals surface area (Å²) in [7, 11) is 0. The normalized spacial score (nSPS) is 12.7. The van der Waals surface area contributed by atoms with E-state index in [9.17, 15) is 4.79 Å². The van der Waals surface area contributed by atoms with E-state index in [2.05, 4.69) is 24.3 Å². The molecule has 19 heavy (non-hydrogen) atoms. The van der Waals surface area contributed by atoms with Crippen molar-refractivity contribution in [2.24, 2.45) is 5.92 Å². The number of aromatic nitrogens is 2. The lowest BCUT2D eigenvalue weighted by atomic mass is 10.1. The van der Waals surface area contributed by atoms with Crippen LogP contribution in [-0.4, -0.2) is 33.4 Å². The molecule has 1 unspecified atom stereocenters. The third kappa shape index (κ3) is 5.03. The summed E-state index contributed by atoms with van der Waals surface area (Å²) in [5.74, 6) is 0.501. The molecule has 1 heterocycles. The van der Waals surface area contributed by atoms with Gasteiger partial charge in [-0.05, 0) is 32.6 Å². The zero-order valence-electron chi connectivity index (χ0n) is 12.3. The van der Waals surface area contributed by atoms with Crippen LogP contribution in [0.4, 0.5) is 0 Å². The highest BCUT2D eigenvalue weighted by molar-refractivity contribution is 5.94. The highest BCUT2D eigenvalue weighted by Gasteiger charge is 2.14. The Morgan fingerprint density at radius 1 is 1.42 bits per heavy atom. The molecule has 5 nitrogen and oxygen atoms in total. The number of carbonyl (C=O) groups excluding carboxylic acids is 1. The van der Waals surface area contributed by atoms with Gasteiger partial charge in [0.2, 0.25) is 0 Å². The summed E-state index contributed by atoms with van der Waals surface area (Å²) in [6, 6.07) is 0. The van der Waals surface area contributed by atoms with Crippen LogP contribution in [0.3, 0.4) is 0 Å². The van der Waals surface area contributed by atoms with Gasteiger partial charge in [-0.15, -0.1) is 0 Å². The van der Waals surface area contributed by atoms with Gasteiger partial charge in [0.05, 0.1) is 17.9 Å². The number of nitrogens with zero attached hydrogens (tertiary/aromatic N) is 2. The van der Waals surface area contributed by atoms with Gasteiger partial charge in [0.25, 0.3) is 5.91 Å². The minimum atomic E-state index is -0.393. The van der Waals surface area contributed by atoms with Crippen molar-refractivity contribution in [3.8, 4) is 0 Å². The van der Waals surface area contributed by atoms with Gasteiger partial charge in [-0.3, -0.25) is 9.48 Å². The molecule has 0 aromatic carbocycles. The first kappa shape index (κ1) is 15.7. The Balaban J connectivity index is 2.56. The molecule has 1 aromatic heterocycles. The fourth-order valence-electron chi connectivity index (χ4n) is 1.77. The minimum absolute atomic E-state index is 0.117. The quantitative estimate of drug-likeness (QED) is 0.790. The van der Waals surface area contributed by atoms with Gasteiger partial charge < -0.3 is 10.4 Å². The second kappa shape index (κ2) is 7.28. The number of nitrogens with one attached hydrogen (secondary N) is 1. The summed E-state index contributed by atoms with van der Waals surface area (Å²) in [5, 5.41) is 16.2. The summed E-state index contributed by atoms with van der Waals surface area (Å²) in [6.45, 7) is 9.28. The number of aliphatic hydroxyl groups is 1. The molecule has 0 saturated carbocycles. The number of rotatable bonds is 7. The highest BCUT2D eigenvalue weighted by atomic mass is 16.3. The summed E-state index contributed by atoms with van der Waals surface area (Å²) >= 11 is 0. The zero-order chi connectivity index (χ0) is 14.4. The molecule has 2 N–H and O–H groups in total. The topological polar surface area (TPSA) is 67.2 Å². The molecule has 0 aliphatic rings. The Morgan fingerprint density at radius 3 is 2.68 bits per heavy atom. The first-order chi connectivity index (χ1) is 8.91. The molecule has 0 aliphatic heterocycles. The molecule has 0 aliphatic carbocycles. The molecule has 1 rings (SSSR count). The molecule has 1 aromatic rings. The van der Waals surface area contributed by atoms with Crippen LogP contribution in [0.15, 0.2) is 6.20 Å².